The van der Waals surface area contributed by atoms with Gasteiger partial charge in [0.1, 0.15) is 11.6 Å². The van der Waals surface area contributed by atoms with Crippen molar-refractivity contribution in [3.05, 3.63) is 46.5 Å². The molecule has 0 aliphatic rings. The van der Waals surface area contributed by atoms with Crippen molar-refractivity contribution in [3.8, 4) is 0 Å². The zero-order chi connectivity index (χ0) is 16.7. The van der Waals surface area contributed by atoms with Crippen molar-refractivity contribution in [1.82, 2.24) is 10.3 Å². The van der Waals surface area contributed by atoms with Crippen molar-refractivity contribution in [2.45, 2.75) is 6.42 Å². The van der Waals surface area contributed by atoms with E-state index >= 15 is 0 Å². The SMILES string of the molecule is COCCNCC(=O)Nc1ncc(Cc2ccc(F)cc2F)s1.Cl. The summed E-state index contributed by atoms with van der Waals surface area (Å²) in [5.41, 5.74) is 0.383. The van der Waals surface area contributed by atoms with Crippen LogP contribution in [0.2, 0.25) is 0 Å². The third-order valence-electron chi connectivity index (χ3n) is 2.95. The number of nitrogens with one attached hydrogen (secondary N) is 2. The molecule has 1 amide bonds. The lowest BCUT2D eigenvalue weighted by Crippen LogP contribution is -2.30. The van der Waals surface area contributed by atoms with Gasteiger partial charge in [-0.1, -0.05) is 6.07 Å². The summed E-state index contributed by atoms with van der Waals surface area (Å²) >= 11 is 1.26. The molecule has 0 radical (unpaired) electrons. The molecule has 24 heavy (non-hydrogen) atoms. The van der Waals surface area contributed by atoms with E-state index in [2.05, 4.69) is 15.6 Å². The van der Waals surface area contributed by atoms with E-state index in [4.69, 9.17) is 4.74 Å². The van der Waals surface area contributed by atoms with Crippen molar-refractivity contribution in [1.29, 1.82) is 0 Å². The molecule has 0 bridgehead atoms. The van der Waals surface area contributed by atoms with Gasteiger partial charge in [0.05, 0.1) is 13.2 Å². The van der Waals surface area contributed by atoms with Crippen molar-refractivity contribution >= 4 is 34.8 Å². The highest BCUT2D eigenvalue weighted by Crippen LogP contribution is 2.22. The Hall–Kier alpha value is -1.61. The molecule has 0 atom stereocenters. The molecule has 0 saturated heterocycles. The number of benzene rings is 1. The maximum absolute atomic E-state index is 13.6. The highest BCUT2D eigenvalue weighted by atomic mass is 35.5. The number of ether oxygens (including phenoxy) is 1. The van der Waals surface area contributed by atoms with E-state index in [1.165, 1.54) is 23.5 Å². The van der Waals surface area contributed by atoms with E-state index in [9.17, 15) is 13.6 Å². The number of rotatable bonds is 8. The minimum atomic E-state index is -0.607. The summed E-state index contributed by atoms with van der Waals surface area (Å²) in [4.78, 5) is 16.5. The summed E-state index contributed by atoms with van der Waals surface area (Å²) in [6.07, 6.45) is 1.87. The largest absolute Gasteiger partial charge is 0.383 e. The molecule has 2 N–H and O–H groups in total. The summed E-state index contributed by atoms with van der Waals surface area (Å²) in [6.45, 7) is 1.26. The molecule has 0 unspecified atom stereocenters. The third kappa shape index (κ3) is 6.48. The van der Waals surface area contributed by atoms with Crippen molar-refractivity contribution in [3.63, 3.8) is 0 Å². The number of hydrogen-bond acceptors (Lipinski definition) is 5. The van der Waals surface area contributed by atoms with Crippen LogP contribution in [0.5, 0.6) is 0 Å². The van der Waals surface area contributed by atoms with Gasteiger partial charge in [0.15, 0.2) is 5.13 Å². The molecule has 0 spiro atoms. The quantitative estimate of drug-likeness (QED) is 0.694. The van der Waals surface area contributed by atoms with Crippen LogP contribution in [0.4, 0.5) is 13.9 Å². The maximum atomic E-state index is 13.6. The van der Waals surface area contributed by atoms with Gasteiger partial charge in [-0.2, -0.15) is 0 Å². The first-order valence-corrected chi connectivity index (χ1v) is 7.78. The number of hydrogen-bond donors (Lipinski definition) is 2. The molecular formula is C15H18ClF2N3O2S. The molecule has 2 rings (SSSR count). The van der Waals surface area contributed by atoms with Gasteiger partial charge < -0.3 is 15.4 Å². The third-order valence-corrected chi connectivity index (χ3v) is 3.86. The first-order chi connectivity index (χ1) is 11.1. The van der Waals surface area contributed by atoms with Gasteiger partial charge in [0.25, 0.3) is 0 Å². The number of amides is 1. The van der Waals surface area contributed by atoms with Crippen LogP contribution in [0.3, 0.4) is 0 Å². The van der Waals surface area contributed by atoms with Crippen molar-refractivity contribution in [2.75, 3.05) is 32.1 Å². The lowest BCUT2D eigenvalue weighted by molar-refractivity contribution is -0.115. The van der Waals surface area contributed by atoms with E-state index in [-0.39, 0.29) is 24.9 Å². The molecule has 9 heteroatoms. The summed E-state index contributed by atoms with van der Waals surface area (Å²) in [5, 5.41) is 6.03. The normalized spacial score (nSPS) is 10.3. The molecule has 1 aromatic carbocycles. The van der Waals surface area contributed by atoms with Crippen LogP contribution >= 0.6 is 23.7 Å². The highest BCUT2D eigenvalue weighted by Gasteiger charge is 2.09. The molecule has 2 aromatic rings. The van der Waals surface area contributed by atoms with E-state index < -0.39 is 11.6 Å². The maximum Gasteiger partial charge on any atom is 0.240 e. The number of methoxy groups -OCH3 is 1. The number of carbonyl (C=O) groups excluding carboxylic acids is 1. The topological polar surface area (TPSA) is 63.2 Å². The van der Waals surface area contributed by atoms with Gasteiger partial charge in [-0.3, -0.25) is 4.79 Å². The van der Waals surface area contributed by atoms with Crippen LogP contribution in [-0.2, 0) is 16.0 Å². The molecule has 1 aromatic heterocycles. The van der Waals surface area contributed by atoms with Crippen LogP contribution in [-0.4, -0.2) is 37.7 Å². The number of aromatic nitrogens is 1. The Morgan fingerprint density at radius 1 is 1.38 bits per heavy atom. The predicted molar refractivity (Wildman–Crippen MR) is 91.9 cm³/mol. The molecule has 132 valence electrons. The average Bonchev–Trinajstić information content (AvgIpc) is 2.94. The van der Waals surface area contributed by atoms with Crippen molar-refractivity contribution < 1.29 is 18.3 Å². The van der Waals surface area contributed by atoms with Crippen LogP contribution in [0, 0.1) is 11.6 Å². The first kappa shape index (κ1) is 20.4. The minimum Gasteiger partial charge on any atom is -0.383 e. The lowest BCUT2D eigenvalue weighted by atomic mass is 10.1. The number of carbonyl (C=O) groups is 1. The number of thiazole rings is 1. The number of nitrogens with zero attached hydrogens (tertiary/aromatic N) is 1. The molecule has 0 aliphatic heterocycles. The van der Waals surface area contributed by atoms with Crippen molar-refractivity contribution in [2.24, 2.45) is 0 Å². The fourth-order valence-corrected chi connectivity index (χ4v) is 2.69. The standard InChI is InChI=1S/C15H17F2N3O2S.ClH/c1-22-5-4-18-9-14(21)20-15-19-8-12(23-15)6-10-2-3-11(16)7-13(10)17;/h2-3,7-8,18H,4-6,9H2,1H3,(H,19,20,21);1H. The Morgan fingerprint density at radius 2 is 2.17 bits per heavy atom. The Labute approximate surface area is 148 Å². The van der Waals surface area contributed by atoms with Crippen LogP contribution < -0.4 is 10.6 Å². The molecule has 0 fully saturated rings. The summed E-state index contributed by atoms with van der Waals surface area (Å²) < 4.78 is 31.3. The smallest absolute Gasteiger partial charge is 0.240 e. The van der Waals surface area contributed by atoms with Crippen LogP contribution in [0.15, 0.2) is 24.4 Å². The van der Waals surface area contributed by atoms with E-state index in [1.54, 1.807) is 13.3 Å². The zero-order valence-electron chi connectivity index (χ0n) is 13.0. The van der Waals surface area contributed by atoms with Crippen LogP contribution in [0.1, 0.15) is 10.4 Å². The lowest BCUT2D eigenvalue weighted by Gasteiger charge is -2.03. The molecule has 1 heterocycles. The summed E-state index contributed by atoms with van der Waals surface area (Å²) in [6, 6.07) is 3.47. The molecular weight excluding hydrogens is 360 g/mol. The number of halogens is 3. The Balaban J connectivity index is 0.00000288. The Morgan fingerprint density at radius 3 is 2.88 bits per heavy atom. The van der Waals surface area contributed by atoms with E-state index in [0.717, 1.165) is 10.9 Å². The second-order valence-corrected chi connectivity index (χ2v) is 5.88. The number of anilines is 1. The minimum absolute atomic E-state index is 0. The average molecular weight is 378 g/mol. The van der Waals surface area contributed by atoms with E-state index in [1.807, 2.05) is 0 Å². The van der Waals surface area contributed by atoms with Gasteiger partial charge in [-0.15, -0.1) is 23.7 Å². The van der Waals surface area contributed by atoms with Gasteiger partial charge in [0.2, 0.25) is 5.91 Å². The first-order valence-electron chi connectivity index (χ1n) is 6.96. The molecule has 0 saturated carbocycles. The fraction of sp³-hybridized carbons (Fsp3) is 0.333. The second-order valence-electron chi connectivity index (χ2n) is 4.76. The second kappa shape index (κ2) is 10.3. The Bertz CT molecular complexity index is 670. The zero-order valence-corrected chi connectivity index (χ0v) is 14.6. The fourth-order valence-electron chi connectivity index (χ4n) is 1.84. The summed E-state index contributed by atoms with van der Waals surface area (Å²) in [5.74, 6) is -1.41. The van der Waals surface area contributed by atoms with Gasteiger partial charge >= 0.3 is 0 Å². The van der Waals surface area contributed by atoms with Gasteiger partial charge in [-0.25, -0.2) is 13.8 Å². The Kier molecular flexibility index (Phi) is 8.77. The van der Waals surface area contributed by atoms with E-state index in [0.29, 0.717) is 30.3 Å². The highest BCUT2D eigenvalue weighted by molar-refractivity contribution is 7.15. The summed E-state index contributed by atoms with van der Waals surface area (Å²) in [7, 11) is 1.59. The van der Waals surface area contributed by atoms with Gasteiger partial charge in [-0.05, 0) is 11.6 Å². The monoisotopic (exact) mass is 377 g/mol. The van der Waals surface area contributed by atoms with Crippen LogP contribution in [0.25, 0.3) is 0 Å². The molecule has 5 nitrogen and oxygen atoms in total. The molecule has 0 aliphatic carbocycles. The predicted octanol–water partition coefficient (Wildman–Crippen LogP) is 2.61. The van der Waals surface area contributed by atoms with Gasteiger partial charge in [0, 0.05) is 37.2 Å².